The van der Waals surface area contributed by atoms with E-state index < -0.39 is 72.8 Å². The van der Waals surface area contributed by atoms with Crippen LogP contribution in [0.2, 0.25) is 0 Å². The molecule has 1 aliphatic carbocycles. The average Bonchev–Trinajstić information content (AvgIpc) is 2.81. The summed E-state index contributed by atoms with van der Waals surface area (Å²) in [6.07, 6.45) is -8.06. The highest BCUT2D eigenvalue weighted by molar-refractivity contribution is 5.66. The number of aliphatic hydroxyl groups is 6. The molecule has 2 fully saturated rings. The molecule has 0 spiro atoms. The predicted octanol–water partition coefficient (Wildman–Crippen LogP) is -2.89. The van der Waals surface area contributed by atoms with Gasteiger partial charge in [-0.15, -0.1) is 0 Å². The van der Waals surface area contributed by atoms with Gasteiger partial charge in [0.25, 0.3) is 0 Å². The molecule has 2 heterocycles. The van der Waals surface area contributed by atoms with Gasteiger partial charge in [0.15, 0.2) is 6.29 Å². The Hall–Kier alpha value is -1.31. The van der Waals surface area contributed by atoms with Crippen molar-refractivity contribution in [2.45, 2.75) is 74.6 Å². The lowest BCUT2D eigenvalue weighted by molar-refractivity contribution is -0.351. The molecule has 0 unspecified atom stereocenters. The summed E-state index contributed by atoms with van der Waals surface area (Å²) >= 11 is 0. The number of aliphatic hydroxyl groups excluding tert-OH is 5. The highest BCUT2D eigenvalue weighted by Gasteiger charge is 2.66. The van der Waals surface area contributed by atoms with Gasteiger partial charge in [-0.3, -0.25) is 4.79 Å². The second-order valence-corrected chi connectivity index (χ2v) is 7.63. The zero-order valence-electron chi connectivity index (χ0n) is 15.4. The molecule has 0 aromatic rings. The summed E-state index contributed by atoms with van der Waals surface area (Å²) in [7, 11) is 0. The third-order valence-electron chi connectivity index (χ3n) is 5.60. The second-order valence-electron chi connectivity index (χ2n) is 7.63. The van der Waals surface area contributed by atoms with Crippen LogP contribution in [0.1, 0.15) is 20.3 Å². The number of hydrogen-bond acceptors (Lipinski definition) is 11. The van der Waals surface area contributed by atoms with Gasteiger partial charge in [-0.1, -0.05) is 0 Å². The molecule has 0 aromatic heterocycles. The summed E-state index contributed by atoms with van der Waals surface area (Å²) in [5, 5.41) is 60.6. The van der Waals surface area contributed by atoms with E-state index in [0.29, 0.717) is 0 Å². The molecule has 11 heteroatoms. The Kier molecular flexibility index (Phi) is 5.73. The van der Waals surface area contributed by atoms with Crippen molar-refractivity contribution in [2.75, 3.05) is 6.61 Å². The molecule has 3 aliphatic rings. The van der Waals surface area contributed by atoms with E-state index in [1.807, 2.05) is 0 Å². The van der Waals surface area contributed by atoms with E-state index >= 15 is 0 Å². The lowest BCUT2D eigenvalue weighted by Crippen LogP contribution is -2.62. The Morgan fingerprint density at radius 1 is 1.18 bits per heavy atom. The minimum atomic E-state index is -1.85. The van der Waals surface area contributed by atoms with E-state index in [0.717, 1.165) is 6.26 Å². The molecule has 0 amide bonds. The fraction of sp³-hybridized carbons (Fsp3) is 0.824. The quantitative estimate of drug-likeness (QED) is 0.264. The molecule has 0 aromatic carbocycles. The first kappa shape index (κ1) is 21.4. The summed E-state index contributed by atoms with van der Waals surface area (Å²) in [5.41, 5.74) is -3.22. The number of carbonyl (C=O) groups excluding carboxylic acids is 1. The van der Waals surface area contributed by atoms with Crippen LogP contribution in [-0.2, 0) is 23.7 Å². The molecule has 11 nitrogen and oxygen atoms in total. The molecule has 2 aliphatic heterocycles. The molecule has 160 valence electrons. The third kappa shape index (κ3) is 3.42. The van der Waals surface area contributed by atoms with Gasteiger partial charge < -0.3 is 49.6 Å². The van der Waals surface area contributed by atoms with Crippen molar-refractivity contribution in [1.29, 1.82) is 0 Å². The lowest BCUT2D eigenvalue weighted by atomic mass is 9.81. The smallest absolute Gasteiger partial charge is 0.303 e. The van der Waals surface area contributed by atoms with Crippen molar-refractivity contribution in [3.63, 3.8) is 0 Å². The molecular formula is C17H26O11. The van der Waals surface area contributed by atoms with E-state index in [4.69, 9.17) is 18.9 Å². The molecule has 0 radical (unpaired) electrons. The standard InChI is InChI=1S/C17H26O11/c1-7(19)28-16(2)5-9(20)17(24)3-4-25-15(13(16)17)27-14-12(23)11(22)10(21)8(6-18)26-14/h3-4,8-15,18,20-24H,5-6H2,1-2H3/t8-,9+,10-,11+,12-,13+,14+,15-,16+,17-/m0/s1. The zero-order chi connectivity index (χ0) is 20.9. The van der Waals surface area contributed by atoms with Gasteiger partial charge in [0.05, 0.1) is 24.9 Å². The molecule has 28 heavy (non-hydrogen) atoms. The first-order valence-electron chi connectivity index (χ1n) is 8.92. The molecular weight excluding hydrogens is 380 g/mol. The first-order chi connectivity index (χ1) is 13.0. The maximum absolute atomic E-state index is 11.6. The van der Waals surface area contributed by atoms with Crippen LogP contribution < -0.4 is 0 Å². The number of carbonyl (C=O) groups is 1. The van der Waals surface area contributed by atoms with Gasteiger partial charge in [-0.05, 0) is 13.0 Å². The number of rotatable bonds is 4. The van der Waals surface area contributed by atoms with E-state index in [-0.39, 0.29) is 6.42 Å². The van der Waals surface area contributed by atoms with E-state index in [1.54, 1.807) is 0 Å². The number of hydrogen-bond donors (Lipinski definition) is 6. The van der Waals surface area contributed by atoms with Gasteiger partial charge >= 0.3 is 5.97 Å². The van der Waals surface area contributed by atoms with Crippen molar-refractivity contribution in [1.82, 2.24) is 0 Å². The third-order valence-corrected chi connectivity index (χ3v) is 5.60. The number of esters is 1. The Morgan fingerprint density at radius 3 is 2.46 bits per heavy atom. The van der Waals surface area contributed by atoms with Crippen LogP contribution >= 0.6 is 0 Å². The van der Waals surface area contributed by atoms with Crippen molar-refractivity contribution in [2.24, 2.45) is 5.92 Å². The van der Waals surface area contributed by atoms with Crippen LogP contribution in [0.5, 0.6) is 0 Å². The SMILES string of the molecule is CC(=O)O[C@]1(C)C[C@@H](O)[C@@]2(O)C=CO[C@@H](O[C@H]3O[C@@H](CO)[C@H](O)[C@@H](O)[C@@H]3O)[C@@H]21. The molecule has 1 saturated heterocycles. The Labute approximate surface area is 160 Å². The normalized spacial score (nSPS) is 50.7. The van der Waals surface area contributed by atoms with E-state index in [2.05, 4.69) is 0 Å². The van der Waals surface area contributed by atoms with Crippen LogP contribution in [0.4, 0.5) is 0 Å². The second kappa shape index (κ2) is 7.50. The Bertz CT molecular complexity index is 624. The first-order valence-corrected chi connectivity index (χ1v) is 8.92. The Morgan fingerprint density at radius 2 is 1.86 bits per heavy atom. The number of fused-ring (bicyclic) bond motifs is 1. The van der Waals surface area contributed by atoms with Crippen LogP contribution in [0.3, 0.4) is 0 Å². The predicted molar refractivity (Wildman–Crippen MR) is 88.1 cm³/mol. The van der Waals surface area contributed by atoms with Crippen molar-refractivity contribution < 1.29 is 54.4 Å². The van der Waals surface area contributed by atoms with Gasteiger partial charge in [0, 0.05) is 13.3 Å². The molecule has 3 rings (SSSR count). The maximum atomic E-state index is 11.6. The molecule has 1 saturated carbocycles. The monoisotopic (exact) mass is 406 g/mol. The summed E-state index contributed by atoms with van der Waals surface area (Å²) in [6.45, 7) is 2.04. The van der Waals surface area contributed by atoms with Gasteiger partial charge in [-0.25, -0.2) is 0 Å². The van der Waals surface area contributed by atoms with Crippen LogP contribution in [-0.4, -0.2) is 97.5 Å². The van der Waals surface area contributed by atoms with Crippen molar-refractivity contribution >= 4 is 5.97 Å². The Balaban J connectivity index is 1.87. The van der Waals surface area contributed by atoms with E-state index in [1.165, 1.54) is 19.9 Å². The highest BCUT2D eigenvalue weighted by atomic mass is 16.8. The minimum Gasteiger partial charge on any atom is -0.472 e. The van der Waals surface area contributed by atoms with Gasteiger partial charge in [0.2, 0.25) is 6.29 Å². The van der Waals surface area contributed by atoms with E-state index in [9.17, 15) is 35.4 Å². The minimum absolute atomic E-state index is 0.101. The summed E-state index contributed by atoms with van der Waals surface area (Å²) < 4.78 is 21.7. The fourth-order valence-electron chi connectivity index (χ4n) is 4.25. The van der Waals surface area contributed by atoms with Gasteiger partial charge in [-0.2, -0.15) is 0 Å². The summed E-state index contributed by atoms with van der Waals surface area (Å²) in [5.74, 6) is -1.74. The van der Waals surface area contributed by atoms with Crippen molar-refractivity contribution in [3.05, 3.63) is 12.3 Å². The topological polar surface area (TPSA) is 175 Å². The highest BCUT2D eigenvalue weighted by Crippen LogP contribution is 2.51. The fourth-order valence-corrected chi connectivity index (χ4v) is 4.25. The van der Waals surface area contributed by atoms with Crippen LogP contribution in [0.25, 0.3) is 0 Å². The lowest BCUT2D eigenvalue weighted by Gasteiger charge is -2.45. The summed E-state index contributed by atoms with van der Waals surface area (Å²) in [4.78, 5) is 11.6. The molecule has 10 atom stereocenters. The zero-order valence-corrected chi connectivity index (χ0v) is 15.4. The van der Waals surface area contributed by atoms with Gasteiger partial charge in [0.1, 0.15) is 35.6 Å². The van der Waals surface area contributed by atoms with Crippen LogP contribution in [0.15, 0.2) is 12.3 Å². The van der Waals surface area contributed by atoms with Crippen molar-refractivity contribution in [3.8, 4) is 0 Å². The maximum Gasteiger partial charge on any atom is 0.303 e. The number of ether oxygens (including phenoxy) is 4. The summed E-state index contributed by atoms with van der Waals surface area (Å²) in [6, 6.07) is 0. The molecule has 6 N–H and O–H groups in total. The van der Waals surface area contributed by atoms with Crippen LogP contribution in [0, 0.1) is 5.92 Å². The average molecular weight is 406 g/mol. The largest absolute Gasteiger partial charge is 0.472 e. The molecule has 0 bridgehead atoms.